The zero-order valence-electron chi connectivity index (χ0n) is 15.1. The van der Waals surface area contributed by atoms with Gasteiger partial charge in [-0.2, -0.15) is 0 Å². The van der Waals surface area contributed by atoms with Crippen molar-refractivity contribution in [1.29, 1.82) is 0 Å². The topological polar surface area (TPSA) is 58.6 Å². The average Bonchev–Trinajstić information content (AvgIpc) is 2.96. The third kappa shape index (κ3) is 4.23. The summed E-state index contributed by atoms with van der Waals surface area (Å²) in [7, 11) is 1.56. The second kappa shape index (κ2) is 8.53. The summed E-state index contributed by atoms with van der Waals surface area (Å²) >= 11 is 6.45. The van der Waals surface area contributed by atoms with Gasteiger partial charge < -0.3 is 10.1 Å². The molecule has 1 atom stereocenters. The van der Waals surface area contributed by atoms with Gasteiger partial charge in [0.25, 0.3) is 5.91 Å². The molecule has 2 amide bonds. The highest BCUT2D eigenvalue weighted by atomic mass is 32.2. The number of rotatable bonds is 5. The first-order valence-corrected chi connectivity index (χ1v) is 9.59. The number of methoxy groups -OCH3 is 1. The number of thioether (sulfide) groups is 1. The van der Waals surface area contributed by atoms with Crippen LogP contribution in [0, 0.1) is 5.82 Å². The number of nitrogens with zero attached hydrogens (tertiary/aromatic N) is 1. The molecule has 3 rings (SSSR count). The van der Waals surface area contributed by atoms with E-state index < -0.39 is 17.8 Å². The number of ether oxygens (including phenoxy) is 1. The molecular formula is C20H17FN2O3S2. The average molecular weight is 416 g/mol. The standard InChI is InChI=1S/C20H17FN2O3S2/c1-12(18(24)22-15-9-7-14(21)8-10-15)23-19(25)17(28-20(23)27)11-13-5-3-4-6-16(13)26-2/h3-12H,1-2H3,(H,22,24)/b17-11-. The Morgan fingerprint density at radius 2 is 1.93 bits per heavy atom. The first kappa shape index (κ1) is 20.0. The summed E-state index contributed by atoms with van der Waals surface area (Å²) in [6.45, 7) is 1.59. The number of hydrogen-bond donors (Lipinski definition) is 1. The van der Waals surface area contributed by atoms with E-state index in [1.165, 1.54) is 29.2 Å². The SMILES string of the molecule is COc1ccccc1/C=C1\SC(=S)N(C(C)C(=O)Nc2ccc(F)cc2)C1=O. The lowest BCUT2D eigenvalue weighted by Crippen LogP contribution is -2.44. The molecule has 0 bridgehead atoms. The zero-order valence-corrected chi connectivity index (χ0v) is 16.8. The fourth-order valence-electron chi connectivity index (χ4n) is 2.64. The quantitative estimate of drug-likeness (QED) is 0.588. The minimum atomic E-state index is -0.818. The smallest absolute Gasteiger partial charge is 0.266 e. The summed E-state index contributed by atoms with van der Waals surface area (Å²) in [6.07, 6.45) is 1.70. The first-order valence-electron chi connectivity index (χ1n) is 8.37. The van der Waals surface area contributed by atoms with Crippen LogP contribution in [-0.4, -0.2) is 34.2 Å². The number of nitrogens with one attached hydrogen (secondary N) is 1. The molecule has 0 spiro atoms. The van der Waals surface area contributed by atoms with Crippen molar-refractivity contribution in [3.05, 3.63) is 64.8 Å². The third-order valence-electron chi connectivity index (χ3n) is 4.13. The molecule has 144 valence electrons. The summed E-state index contributed by atoms with van der Waals surface area (Å²) in [5, 5.41) is 2.66. The van der Waals surface area contributed by atoms with Crippen LogP contribution in [0.1, 0.15) is 12.5 Å². The second-order valence-corrected chi connectivity index (χ2v) is 7.64. The number of halogens is 1. The lowest BCUT2D eigenvalue weighted by molar-refractivity contribution is -0.129. The highest BCUT2D eigenvalue weighted by Gasteiger charge is 2.38. The Balaban J connectivity index is 1.78. The van der Waals surface area contributed by atoms with Crippen LogP contribution in [0.2, 0.25) is 0 Å². The fraction of sp³-hybridized carbons (Fsp3) is 0.150. The van der Waals surface area contributed by atoms with Gasteiger partial charge in [0, 0.05) is 11.3 Å². The minimum Gasteiger partial charge on any atom is -0.496 e. The molecular weight excluding hydrogens is 399 g/mol. The molecule has 0 saturated carbocycles. The van der Waals surface area contributed by atoms with Crippen molar-refractivity contribution in [3.8, 4) is 5.75 Å². The number of hydrogen-bond acceptors (Lipinski definition) is 5. The lowest BCUT2D eigenvalue weighted by Gasteiger charge is -2.22. The van der Waals surface area contributed by atoms with Crippen LogP contribution in [0.3, 0.4) is 0 Å². The van der Waals surface area contributed by atoms with E-state index in [0.717, 1.165) is 17.3 Å². The van der Waals surface area contributed by atoms with E-state index in [0.29, 0.717) is 20.7 Å². The minimum absolute atomic E-state index is 0.299. The van der Waals surface area contributed by atoms with E-state index >= 15 is 0 Å². The van der Waals surface area contributed by atoms with Gasteiger partial charge in [0.15, 0.2) is 0 Å². The molecule has 5 nitrogen and oxygen atoms in total. The van der Waals surface area contributed by atoms with Gasteiger partial charge in [-0.3, -0.25) is 14.5 Å². The number of carbonyl (C=O) groups excluding carboxylic acids is 2. The zero-order chi connectivity index (χ0) is 20.3. The molecule has 0 aliphatic carbocycles. The van der Waals surface area contributed by atoms with Gasteiger partial charge in [-0.1, -0.05) is 42.2 Å². The second-order valence-electron chi connectivity index (χ2n) is 5.97. The Morgan fingerprint density at radius 1 is 1.25 bits per heavy atom. The first-order chi connectivity index (χ1) is 13.4. The summed E-state index contributed by atoms with van der Waals surface area (Å²) in [4.78, 5) is 27.1. The molecule has 0 radical (unpaired) electrons. The van der Waals surface area contributed by atoms with Crippen molar-refractivity contribution >= 4 is 51.9 Å². The molecule has 1 aliphatic heterocycles. The highest BCUT2D eigenvalue weighted by molar-refractivity contribution is 8.26. The number of thiocarbonyl (C=S) groups is 1. The molecule has 1 heterocycles. The van der Waals surface area contributed by atoms with E-state index in [1.807, 2.05) is 18.2 Å². The summed E-state index contributed by atoms with van der Waals surface area (Å²) in [5.74, 6) is -0.525. The summed E-state index contributed by atoms with van der Waals surface area (Å²) in [6, 6.07) is 11.9. The van der Waals surface area contributed by atoms with E-state index in [4.69, 9.17) is 17.0 Å². The molecule has 1 fully saturated rings. The van der Waals surface area contributed by atoms with Gasteiger partial charge in [-0.05, 0) is 43.3 Å². The van der Waals surface area contributed by atoms with Gasteiger partial charge >= 0.3 is 0 Å². The Hall–Kier alpha value is -2.71. The van der Waals surface area contributed by atoms with E-state index in [9.17, 15) is 14.0 Å². The molecule has 28 heavy (non-hydrogen) atoms. The third-order valence-corrected chi connectivity index (χ3v) is 5.46. The maximum Gasteiger partial charge on any atom is 0.266 e. The number of para-hydroxylation sites is 1. The van der Waals surface area contributed by atoms with E-state index in [1.54, 1.807) is 26.2 Å². The Labute approximate surface area is 171 Å². The van der Waals surface area contributed by atoms with Crippen molar-refractivity contribution in [3.63, 3.8) is 0 Å². The van der Waals surface area contributed by atoms with Crippen LogP contribution in [-0.2, 0) is 9.59 Å². The molecule has 1 aliphatic rings. The Kier molecular flexibility index (Phi) is 6.11. The molecule has 8 heteroatoms. The molecule has 1 unspecified atom stereocenters. The molecule has 1 N–H and O–H groups in total. The number of carbonyl (C=O) groups is 2. The van der Waals surface area contributed by atoms with E-state index in [-0.39, 0.29) is 5.91 Å². The Morgan fingerprint density at radius 3 is 2.61 bits per heavy atom. The van der Waals surface area contributed by atoms with Crippen LogP contribution in [0.5, 0.6) is 5.75 Å². The van der Waals surface area contributed by atoms with Gasteiger partial charge in [0.05, 0.1) is 12.0 Å². The van der Waals surface area contributed by atoms with Gasteiger partial charge in [0.1, 0.15) is 21.9 Å². The predicted octanol–water partition coefficient (Wildman–Crippen LogP) is 4.06. The maximum absolute atomic E-state index is 13.0. The lowest BCUT2D eigenvalue weighted by atomic mass is 10.1. The van der Waals surface area contributed by atoms with Crippen LogP contribution in [0.4, 0.5) is 10.1 Å². The number of anilines is 1. The monoisotopic (exact) mass is 416 g/mol. The van der Waals surface area contributed by atoms with Crippen LogP contribution >= 0.6 is 24.0 Å². The predicted molar refractivity (Wildman–Crippen MR) is 112 cm³/mol. The normalized spacial score (nSPS) is 16.4. The van der Waals surface area contributed by atoms with Crippen LogP contribution < -0.4 is 10.1 Å². The molecule has 2 aromatic carbocycles. The van der Waals surface area contributed by atoms with Gasteiger partial charge in [-0.25, -0.2) is 4.39 Å². The van der Waals surface area contributed by atoms with Crippen molar-refractivity contribution in [1.82, 2.24) is 4.90 Å². The van der Waals surface area contributed by atoms with Crippen LogP contribution in [0.25, 0.3) is 6.08 Å². The van der Waals surface area contributed by atoms with Crippen molar-refractivity contribution in [2.75, 3.05) is 12.4 Å². The highest BCUT2D eigenvalue weighted by Crippen LogP contribution is 2.35. The summed E-state index contributed by atoms with van der Waals surface area (Å²) in [5.41, 5.74) is 1.18. The fourth-order valence-corrected chi connectivity index (χ4v) is 4.05. The Bertz CT molecular complexity index is 960. The maximum atomic E-state index is 13.0. The molecule has 2 aromatic rings. The van der Waals surface area contributed by atoms with Crippen molar-refractivity contribution < 1.29 is 18.7 Å². The number of benzene rings is 2. The van der Waals surface area contributed by atoms with Gasteiger partial charge in [-0.15, -0.1) is 0 Å². The summed E-state index contributed by atoms with van der Waals surface area (Å²) < 4.78 is 18.6. The van der Waals surface area contributed by atoms with Crippen molar-refractivity contribution in [2.24, 2.45) is 0 Å². The largest absolute Gasteiger partial charge is 0.496 e. The van der Waals surface area contributed by atoms with Crippen molar-refractivity contribution in [2.45, 2.75) is 13.0 Å². The molecule has 0 aromatic heterocycles. The number of amides is 2. The molecule has 1 saturated heterocycles. The van der Waals surface area contributed by atoms with E-state index in [2.05, 4.69) is 5.32 Å². The van der Waals surface area contributed by atoms with Gasteiger partial charge in [0.2, 0.25) is 5.91 Å². The van der Waals surface area contributed by atoms with Crippen LogP contribution in [0.15, 0.2) is 53.4 Å².